The summed E-state index contributed by atoms with van der Waals surface area (Å²) in [5, 5.41) is 0. The second-order valence-corrected chi connectivity index (χ2v) is 4.89. The highest BCUT2D eigenvalue weighted by atomic mass is 16.5. The molecule has 17 heavy (non-hydrogen) atoms. The van der Waals surface area contributed by atoms with Gasteiger partial charge >= 0.3 is 0 Å². The molecule has 0 fully saturated rings. The zero-order chi connectivity index (χ0) is 13.7. The third-order valence-electron chi connectivity index (χ3n) is 4.87. The molecule has 0 radical (unpaired) electrons. The van der Waals surface area contributed by atoms with E-state index in [9.17, 15) is 0 Å². The number of rotatable bonds is 8. The lowest BCUT2D eigenvalue weighted by Crippen LogP contribution is -2.80. The van der Waals surface area contributed by atoms with Gasteiger partial charge in [-0.1, -0.05) is 27.7 Å². The molecule has 0 amide bonds. The molecule has 4 heteroatoms. The van der Waals surface area contributed by atoms with E-state index in [2.05, 4.69) is 27.7 Å². The third-order valence-corrected chi connectivity index (χ3v) is 4.87. The number of hydrogen-bond donors (Lipinski definition) is 2. The Morgan fingerprint density at radius 1 is 0.882 bits per heavy atom. The van der Waals surface area contributed by atoms with E-state index in [-0.39, 0.29) is 15.8 Å². The number of nitrogens with two attached hydrogens (primary N) is 2. The van der Waals surface area contributed by atoms with Crippen molar-refractivity contribution in [3.8, 4) is 0 Å². The molecular weight excluding hydrogens is 214 g/mol. The van der Waals surface area contributed by atoms with Crippen molar-refractivity contribution in [2.45, 2.75) is 71.4 Å². The zero-order valence-corrected chi connectivity index (χ0v) is 12.5. The van der Waals surface area contributed by atoms with Gasteiger partial charge in [0.05, 0.1) is 0 Å². The Morgan fingerprint density at radius 3 is 1.47 bits per heavy atom. The predicted molar refractivity (Wildman–Crippen MR) is 72.8 cm³/mol. The van der Waals surface area contributed by atoms with Crippen LogP contribution in [0.25, 0.3) is 0 Å². The van der Waals surface area contributed by atoms with Crippen LogP contribution in [0.4, 0.5) is 0 Å². The maximum absolute atomic E-state index is 6.36. The van der Waals surface area contributed by atoms with Gasteiger partial charge in [0.1, 0.15) is 12.1 Å². The maximum Gasteiger partial charge on any atom is 0.163 e. The summed E-state index contributed by atoms with van der Waals surface area (Å²) in [6, 6.07) is 0. The summed E-state index contributed by atoms with van der Waals surface area (Å²) >= 11 is 0. The number of hydrogen-bond acceptors (Lipinski definition) is 3. The SMILES string of the molecule is CCC(CC)(OC)C(CC)(CC)[N+](N)(N)CC. The van der Waals surface area contributed by atoms with Crippen LogP contribution in [0.1, 0.15) is 60.3 Å². The van der Waals surface area contributed by atoms with Crippen LogP contribution < -0.4 is 11.7 Å². The van der Waals surface area contributed by atoms with Crippen molar-refractivity contribution >= 4 is 0 Å². The quantitative estimate of drug-likeness (QED) is 0.392. The lowest BCUT2D eigenvalue weighted by molar-refractivity contribution is -1.01. The Morgan fingerprint density at radius 2 is 1.29 bits per heavy atom. The minimum absolute atomic E-state index is 0.0372. The van der Waals surface area contributed by atoms with Crippen LogP contribution in [0.15, 0.2) is 0 Å². The average molecular weight is 246 g/mol. The topological polar surface area (TPSA) is 61.3 Å². The van der Waals surface area contributed by atoms with Gasteiger partial charge in [-0.15, -0.1) is 0 Å². The van der Waals surface area contributed by atoms with Gasteiger partial charge in [0, 0.05) is 20.0 Å². The van der Waals surface area contributed by atoms with Crippen LogP contribution in [0.5, 0.6) is 0 Å². The van der Waals surface area contributed by atoms with E-state index >= 15 is 0 Å². The molecule has 0 saturated heterocycles. The predicted octanol–water partition coefficient (Wildman–Crippen LogP) is 2.33. The molecule has 0 unspecified atom stereocenters. The molecule has 0 heterocycles. The first-order valence-electron chi connectivity index (χ1n) is 6.87. The molecule has 0 bridgehead atoms. The van der Waals surface area contributed by atoms with Crippen molar-refractivity contribution in [2.75, 3.05) is 13.7 Å². The van der Waals surface area contributed by atoms with Gasteiger partial charge in [-0.25, -0.2) is 0 Å². The van der Waals surface area contributed by atoms with Crippen molar-refractivity contribution in [3.63, 3.8) is 0 Å². The Hall–Kier alpha value is -0.160. The summed E-state index contributed by atoms with van der Waals surface area (Å²) in [4.78, 5) is 0. The van der Waals surface area contributed by atoms with Gasteiger partial charge < -0.3 is 4.74 Å². The summed E-state index contributed by atoms with van der Waals surface area (Å²) in [7, 11) is 1.78. The number of quaternary nitrogens is 1. The van der Waals surface area contributed by atoms with Crippen molar-refractivity contribution in [1.29, 1.82) is 0 Å². The summed E-state index contributed by atoms with van der Waals surface area (Å²) in [5.74, 6) is 12.7. The van der Waals surface area contributed by atoms with Crippen molar-refractivity contribution < 1.29 is 9.44 Å². The van der Waals surface area contributed by atoms with Gasteiger partial charge in [-0.05, 0) is 19.8 Å². The lowest BCUT2D eigenvalue weighted by Gasteiger charge is -2.54. The Bertz CT molecular complexity index is 212. The smallest absolute Gasteiger partial charge is 0.163 e. The zero-order valence-electron chi connectivity index (χ0n) is 12.5. The van der Waals surface area contributed by atoms with Crippen molar-refractivity contribution in [2.24, 2.45) is 11.7 Å². The van der Waals surface area contributed by atoms with Gasteiger partial charge in [-0.3, -0.25) is 0 Å². The molecule has 0 saturated carbocycles. The second-order valence-electron chi connectivity index (χ2n) is 4.89. The molecule has 104 valence electrons. The van der Waals surface area contributed by atoms with Crippen molar-refractivity contribution in [1.82, 2.24) is 0 Å². The van der Waals surface area contributed by atoms with Crippen LogP contribution in [0.3, 0.4) is 0 Å². The summed E-state index contributed by atoms with van der Waals surface area (Å²) in [6.45, 7) is 11.4. The summed E-state index contributed by atoms with van der Waals surface area (Å²) in [6.07, 6.45) is 3.69. The first-order chi connectivity index (χ1) is 7.86. The highest BCUT2D eigenvalue weighted by Gasteiger charge is 2.59. The lowest BCUT2D eigenvalue weighted by atomic mass is 9.71. The summed E-state index contributed by atoms with van der Waals surface area (Å²) < 4.78 is 5.93. The Kier molecular flexibility index (Phi) is 6.08. The molecular formula is C13H32N3O+. The van der Waals surface area contributed by atoms with Gasteiger partial charge in [0.2, 0.25) is 0 Å². The van der Waals surface area contributed by atoms with Crippen LogP contribution in [0, 0.1) is 0 Å². The van der Waals surface area contributed by atoms with Crippen molar-refractivity contribution in [3.05, 3.63) is 0 Å². The first-order valence-corrected chi connectivity index (χ1v) is 6.87. The fourth-order valence-electron chi connectivity index (χ4n) is 3.55. The number of likely N-dealkylation sites (N-methyl/N-ethyl adjacent to an activating group) is 1. The third kappa shape index (κ3) is 2.36. The van der Waals surface area contributed by atoms with Crippen LogP contribution in [-0.4, -0.2) is 29.5 Å². The molecule has 4 N–H and O–H groups in total. The molecule has 0 aromatic rings. The number of methoxy groups -OCH3 is 1. The van der Waals surface area contributed by atoms with Crippen LogP contribution in [0.2, 0.25) is 0 Å². The second kappa shape index (κ2) is 6.14. The van der Waals surface area contributed by atoms with Crippen LogP contribution in [-0.2, 0) is 4.74 Å². The highest BCUT2D eigenvalue weighted by molar-refractivity contribution is 4.99. The maximum atomic E-state index is 6.36. The highest BCUT2D eigenvalue weighted by Crippen LogP contribution is 2.43. The monoisotopic (exact) mass is 246 g/mol. The van der Waals surface area contributed by atoms with E-state index in [4.69, 9.17) is 16.4 Å². The van der Waals surface area contributed by atoms with E-state index in [1.165, 1.54) is 0 Å². The van der Waals surface area contributed by atoms with E-state index in [1.54, 1.807) is 7.11 Å². The summed E-state index contributed by atoms with van der Waals surface area (Å²) in [5.41, 5.74) is -0.490. The number of nitrogens with zero attached hydrogens (tertiary/aromatic N) is 1. The van der Waals surface area contributed by atoms with Gasteiger partial charge in [0.15, 0.2) is 5.54 Å². The Labute approximate surface area is 107 Å². The average Bonchev–Trinajstić information content (AvgIpc) is 2.36. The molecule has 0 atom stereocenters. The van der Waals surface area contributed by atoms with Gasteiger partial charge in [0.25, 0.3) is 0 Å². The molecule has 0 spiro atoms. The molecule has 0 aromatic heterocycles. The molecule has 0 aromatic carbocycles. The molecule has 0 aliphatic rings. The van der Waals surface area contributed by atoms with E-state index in [0.717, 1.165) is 25.7 Å². The minimum Gasteiger partial charge on any atom is -0.372 e. The normalized spacial score (nSPS) is 14.1. The van der Waals surface area contributed by atoms with Gasteiger partial charge in [-0.2, -0.15) is 16.4 Å². The Balaban J connectivity index is 5.76. The van der Waals surface area contributed by atoms with E-state index < -0.39 is 0 Å². The fourth-order valence-corrected chi connectivity index (χ4v) is 3.55. The first kappa shape index (κ1) is 16.8. The molecule has 0 aliphatic carbocycles. The molecule has 0 rings (SSSR count). The fraction of sp³-hybridized carbons (Fsp3) is 1.00. The minimum atomic E-state index is -0.254. The standard InChI is InChI=1S/C13H32N3O/c1-7-12(8-2,16(14,15)11-5)13(9-3,10-4)17-6/h7-11,14-15H2,1-6H3/q+1. The molecule has 4 nitrogen and oxygen atoms in total. The van der Waals surface area contributed by atoms with E-state index in [1.807, 2.05) is 6.92 Å². The van der Waals surface area contributed by atoms with E-state index in [0.29, 0.717) is 6.54 Å². The van der Waals surface area contributed by atoms with Crippen LogP contribution >= 0.6 is 0 Å². The largest absolute Gasteiger partial charge is 0.372 e. The molecule has 0 aliphatic heterocycles. The number of ether oxygens (including phenoxy) is 1.